The Morgan fingerprint density at radius 1 is 1.07 bits per heavy atom. The van der Waals surface area contributed by atoms with E-state index in [1.54, 1.807) is 31.8 Å². The zero-order valence-electron chi connectivity index (χ0n) is 15.7. The predicted octanol–water partition coefficient (Wildman–Crippen LogP) is 4.07. The van der Waals surface area contributed by atoms with Gasteiger partial charge in [-0.05, 0) is 36.4 Å². The molecule has 0 spiro atoms. The van der Waals surface area contributed by atoms with Gasteiger partial charge in [0, 0.05) is 28.9 Å². The minimum absolute atomic E-state index is 0.320. The molecule has 4 rings (SSSR count). The summed E-state index contributed by atoms with van der Waals surface area (Å²) in [7, 11) is 1.59. The molecular formula is C23H18N4O2. The van der Waals surface area contributed by atoms with Crippen LogP contribution in [-0.2, 0) is 0 Å². The monoisotopic (exact) mass is 382 g/mol. The van der Waals surface area contributed by atoms with Gasteiger partial charge in [-0.3, -0.25) is 9.78 Å². The van der Waals surface area contributed by atoms with E-state index in [1.807, 2.05) is 60.7 Å². The highest BCUT2D eigenvalue weighted by Gasteiger charge is 2.13. The van der Waals surface area contributed by atoms with Gasteiger partial charge in [-0.2, -0.15) is 5.10 Å². The number of nitrogens with one attached hydrogen (secondary N) is 1. The van der Waals surface area contributed by atoms with E-state index in [-0.39, 0.29) is 5.91 Å². The first-order valence-electron chi connectivity index (χ1n) is 9.03. The second-order valence-electron chi connectivity index (χ2n) is 6.25. The molecule has 0 atom stereocenters. The lowest BCUT2D eigenvalue weighted by molar-refractivity contribution is 0.0956. The van der Waals surface area contributed by atoms with Crippen molar-refractivity contribution < 1.29 is 9.53 Å². The van der Waals surface area contributed by atoms with Crippen LogP contribution in [0, 0.1) is 0 Å². The summed E-state index contributed by atoms with van der Waals surface area (Å²) in [5, 5.41) is 4.85. The van der Waals surface area contributed by atoms with Crippen molar-refractivity contribution in [2.45, 2.75) is 0 Å². The molecule has 0 saturated heterocycles. The average Bonchev–Trinajstić information content (AvgIpc) is 2.79. The molecule has 0 aliphatic carbocycles. The fourth-order valence-corrected chi connectivity index (χ4v) is 3.02. The van der Waals surface area contributed by atoms with E-state index in [0.29, 0.717) is 17.0 Å². The van der Waals surface area contributed by atoms with E-state index < -0.39 is 0 Å². The third kappa shape index (κ3) is 3.96. The molecule has 142 valence electrons. The third-order valence-corrected chi connectivity index (χ3v) is 4.43. The molecule has 2 aromatic carbocycles. The van der Waals surface area contributed by atoms with Crippen LogP contribution in [0.1, 0.15) is 15.9 Å². The minimum Gasteiger partial charge on any atom is -0.496 e. The number of amides is 1. The normalized spacial score (nSPS) is 10.9. The summed E-state index contributed by atoms with van der Waals surface area (Å²) in [5.74, 6) is 0.360. The number of hydrogen-bond acceptors (Lipinski definition) is 5. The number of benzene rings is 2. The Morgan fingerprint density at radius 3 is 2.72 bits per heavy atom. The van der Waals surface area contributed by atoms with E-state index in [4.69, 9.17) is 4.74 Å². The van der Waals surface area contributed by atoms with Gasteiger partial charge in [-0.1, -0.05) is 30.3 Å². The molecule has 0 bridgehead atoms. The van der Waals surface area contributed by atoms with Crippen molar-refractivity contribution >= 4 is 23.0 Å². The van der Waals surface area contributed by atoms with E-state index in [2.05, 4.69) is 20.5 Å². The number of aromatic nitrogens is 2. The summed E-state index contributed by atoms with van der Waals surface area (Å²) in [6, 6.07) is 20.5. The maximum Gasteiger partial charge on any atom is 0.272 e. The van der Waals surface area contributed by atoms with Crippen molar-refractivity contribution in [1.82, 2.24) is 15.4 Å². The molecule has 6 nitrogen and oxygen atoms in total. The number of nitrogens with zero attached hydrogens (tertiary/aromatic N) is 3. The fraction of sp³-hybridized carbons (Fsp3) is 0.0435. The van der Waals surface area contributed by atoms with Crippen molar-refractivity contribution in [2.24, 2.45) is 5.10 Å². The highest BCUT2D eigenvalue weighted by Crippen LogP contribution is 2.24. The summed E-state index contributed by atoms with van der Waals surface area (Å²) < 4.78 is 5.29. The van der Waals surface area contributed by atoms with Gasteiger partial charge in [-0.25, -0.2) is 10.4 Å². The second-order valence-corrected chi connectivity index (χ2v) is 6.25. The molecule has 0 unspecified atom stereocenters. The molecule has 4 aromatic rings. The lowest BCUT2D eigenvalue weighted by atomic mass is 10.0. The number of rotatable bonds is 5. The number of hydrogen-bond donors (Lipinski definition) is 1. The largest absolute Gasteiger partial charge is 0.496 e. The SMILES string of the molecule is COc1ccccc1/C=N\NC(=O)c1cc(-c2cccnc2)nc2ccccc12. The molecular weight excluding hydrogens is 364 g/mol. The minimum atomic E-state index is -0.320. The van der Waals surface area contributed by atoms with Gasteiger partial charge in [-0.15, -0.1) is 0 Å². The van der Waals surface area contributed by atoms with Gasteiger partial charge in [0.15, 0.2) is 0 Å². The number of carbonyl (C=O) groups excluding carboxylic acids is 1. The molecule has 1 amide bonds. The van der Waals surface area contributed by atoms with Crippen LogP contribution in [0.25, 0.3) is 22.2 Å². The zero-order valence-corrected chi connectivity index (χ0v) is 15.7. The summed E-state index contributed by atoms with van der Waals surface area (Å²) in [6.07, 6.45) is 4.98. The Labute approximate surface area is 167 Å². The van der Waals surface area contributed by atoms with Crippen molar-refractivity contribution in [1.29, 1.82) is 0 Å². The lowest BCUT2D eigenvalue weighted by Gasteiger charge is -2.09. The van der Waals surface area contributed by atoms with E-state index in [0.717, 1.165) is 22.0 Å². The molecule has 0 radical (unpaired) electrons. The van der Waals surface area contributed by atoms with E-state index >= 15 is 0 Å². The van der Waals surface area contributed by atoms with Crippen LogP contribution in [0.3, 0.4) is 0 Å². The molecule has 0 saturated carbocycles. The molecule has 2 heterocycles. The van der Waals surface area contributed by atoms with E-state index in [9.17, 15) is 4.79 Å². The number of ether oxygens (including phenoxy) is 1. The van der Waals surface area contributed by atoms with Crippen LogP contribution in [0.2, 0.25) is 0 Å². The van der Waals surface area contributed by atoms with Crippen molar-refractivity contribution in [3.8, 4) is 17.0 Å². The Hall–Kier alpha value is -4.06. The molecule has 0 aliphatic rings. The number of para-hydroxylation sites is 2. The zero-order chi connectivity index (χ0) is 20.1. The summed E-state index contributed by atoms with van der Waals surface area (Å²) in [4.78, 5) is 21.7. The Bertz CT molecular complexity index is 1190. The van der Waals surface area contributed by atoms with E-state index in [1.165, 1.54) is 0 Å². The Morgan fingerprint density at radius 2 is 1.90 bits per heavy atom. The van der Waals surface area contributed by atoms with Gasteiger partial charge < -0.3 is 4.74 Å². The highest BCUT2D eigenvalue weighted by atomic mass is 16.5. The number of carbonyl (C=O) groups is 1. The van der Waals surface area contributed by atoms with Gasteiger partial charge in [0.25, 0.3) is 5.91 Å². The topological polar surface area (TPSA) is 76.5 Å². The van der Waals surface area contributed by atoms with Crippen molar-refractivity contribution in [3.05, 3.63) is 90.3 Å². The number of pyridine rings is 2. The van der Waals surface area contributed by atoms with Gasteiger partial charge in [0.2, 0.25) is 0 Å². The quantitative estimate of drug-likeness (QED) is 0.417. The first kappa shape index (κ1) is 18.3. The van der Waals surface area contributed by atoms with Crippen LogP contribution in [-0.4, -0.2) is 29.2 Å². The smallest absolute Gasteiger partial charge is 0.272 e. The summed E-state index contributed by atoms with van der Waals surface area (Å²) in [5.41, 5.74) is 6.11. The van der Waals surface area contributed by atoms with Crippen LogP contribution in [0.15, 0.2) is 84.2 Å². The molecule has 1 N–H and O–H groups in total. The van der Waals surface area contributed by atoms with Crippen LogP contribution < -0.4 is 10.2 Å². The van der Waals surface area contributed by atoms with Crippen LogP contribution in [0.4, 0.5) is 0 Å². The first-order valence-corrected chi connectivity index (χ1v) is 9.03. The van der Waals surface area contributed by atoms with Gasteiger partial charge >= 0.3 is 0 Å². The Kier molecular flexibility index (Phi) is 5.25. The first-order chi connectivity index (χ1) is 14.3. The van der Waals surface area contributed by atoms with Crippen LogP contribution in [0.5, 0.6) is 5.75 Å². The van der Waals surface area contributed by atoms with Crippen molar-refractivity contribution in [3.63, 3.8) is 0 Å². The predicted molar refractivity (Wildman–Crippen MR) is 113 cm³/mol. The fourth-order valence-electron chi connectivity index (χ4n) is 3.02. The van der Waals surface area contributed by atoms with Gasteiger partial charge in [0.1, 0.15) is 5.75 Å². The number of fused-ring (bicyclic) bond motifs is 1. The Balaban J connectivity index is 1.67. The molecule has 6 heteroatoms. The number of hydrazone groups is 1. The molecule has 2 aromatic heterocycles. The molecule has 0 aliphatic heterocycles. The van der Waals surface area contributed by atoms with Crippen LogP contribution >= 0.6 is 0 Å². The second kappa shape index (κ2) is 8.31. The molecule has 29 heavy (non-hydrogen) atoms. The van der Waals surface area contributed by atoms with Crippen molar-refractivity contribution in [2.75, 3.05) is 7.11 Å². The maximum atomic E-state index is 12.9. The maximum absolute atomic E-state index is 12.9. The molecule has 0 fully saturated rings. The van der Waals surface area contributed by atoms with Gasteiger partial charge in [0.05, 0.1) is 30.1 Å². The lowest BCUT2D eigenvalue weighted by Crippen LogP contribution is -2.18. The summed E-state index contributed by atoms with van der Waals surface area (Å²) >= 11 is 0. The standard InChI is InChI=1S/C23H18N4O2/c1-29-22-11-5-2-7-17(22)15-25-27-23(28)19-13-21(16-8-6-12-24-14-16)26-20-10-4-3-9-18(19)20/h2-15H,1H3,(H,27,28)/b25-15-. The number of methoxy groups -OCH3 is 1. The highest BCUT2D eigenvalue weighted by molar-refractivity contribution is 6.07. The summed E-state index contributed by atoms with van der Waals surface area (Å²) in [6.45, 7) is 0. The average molecular weight is 382 g/mol. The third-order valence-electron chi connectivity index (χ3n) is 4.43.